The van der Waals surface area contributed by atoms with Crippen molar-refractivity contribution in [3.05, 3.63) is 485 Å². The predicted molar refractivity (Wildman–Crippen MR) is 607 cm³/mol. The van der Waals surface area contributed by atoms with Crippen LogP contribution in [0.1, 0.15) is 0 Å². The van der Waals surface area contributed by atoms with Crippen molar-refractivity contribution in [3.8, 4) is 146 Å². The fourth-order valence-electron chi connectivity index (χ4n) is 20.4. The van der Waals surface area contributed by atoms with Gasteiger partial charge in [0.2, 0.25) is 0 Å². The summed E-state index contributed by atoms with van der Waals surface area (Å²) >= 11 is 6.92. The number of benzene rings is 19. The lowest BCUT2D eigenvalue weighted by atomic mass is 9.98. The quantitative estimate of drug-likeness (QED) is 0.106. The molecular weight excluding hydrogens is 1830 g/mol. The van der Waals surface area contributed by atoms with Gasteiger partial charge in [-0.15, -0.1) is 45.3 Å². The molecule has 0 amide bonds. The van der Waals surface area contributed by atoms with Gasteiger partial charge >= 0.3 is 0 Å². The van der Waals surface area contributed by atoms with E-state index in [1.165, 1.54) is 112 Å². The van der Waals surface area contributed by atoms with E-state index in [9.17, 15) is 0 Å². The maximum atomic E-state index is 5.33. The number of aromatic nitrogens is 10. The standard InChI is InChI=1S/C46H29N3S.C44H26N4S2.C40H25N3S/c1-3-12-30(13-4-1)31-22-24-32(25-23-31)45-47-44(43-38-19-8-10-21-42(38)50-46(43)48-45)35-15-11-14-33(28-35)34-26-27-41-39(29-34)37-18-7-9-20-40(37)49(41)36-16-5-2-6-17-36;1-3-12-27(13-4-1)28-22-24-30(25-23-28)43-45-38(37-33-18-7-9-20-35(33)50-44(37)48-43)31-16-11-17-32(26-31)39-41-40(34-19-8-10-21-36(34)49-41)47-42(46-39)29-14-5-2-6-15-29;1-2-11-26(12-3-1)27-21-23-28(24-22-27)39-41-38(37-33-17-6-9-20-36(33)44-40(37)42-39)29-13-10-14-30(25-29)43-34-18-7-4-15-31(34)32-16-5-8-19-35(32)43/h1-29H;1-26H;1-25H. The minimum absolute atomic E-state index is 0.712. The first kappa shape index (κ1) is 85.2. The minimum Gasteiger partial charge on any atom is -0.309 e. The molecule has 0 aliphatic rings. The van der Waals surface area contributed by atoms with E-state index in [0.717, 1.165) is 154 Å². The molecule has 0 saturated carbocycles. The van der Waals surface area contributed by atoms with Gasteiger partial charge in [-0.1, -0.05) is 394 Å². The van der Waals surface area contributed by atoms with Crippen molar-refractivity contribution in [2.75, 3.05) is 0 Å². The molecule has 19 aromatic carbocycles. The van der Waals surface area contributed by atoms with E-state index in [-0.39, 0.29) is 0 Å². The summed E-state index contributed by atoms with van der Waals surface area (Å²) in [5, 5.41) is 13.0. The van der Waals surface area contributed by atoms with Crippen LogP contribution in [-0.4, -0.2) is 49.0 Å². The van der Waals surface area contributed by atoms with Gasteiger partial charge in [0.1, 0.15) is 14.5 Å². The zero-order chi connectivity index (χ0) is 95.1. The number of thiophene rings is 4. The van der Waals surface area contributed by atoms with E-state index in [4.69, 9.17) is 39.9 Å². The molecule has 0 N–H and O–H groups in total. The Labute approximate surface area is 844 Å². The third kappa shape index (κ3) is 15.5. The van der Waals surface area contributed by atoms with Crippen molar-refractivity contribution >= 4 is 170 Å². The fraction of sp³-hybridized carbons (Fsp3) is 0. The number of rotatable bonds is 14. The number of fused-ring (bicyclic) bond motifs is 18. The van der Waals surface area contributed by atoms with Gasteiger partial charge in [-0.05, 0) is 136 Å². The van der Waals surface area contributed by atoms with Gasteiger partial charge in [0.05, 0.1) is 55.1 Å². The molecule has 0 unspecified atom stereocenters. The third-order valence-electron chi connectivity index (χ3n) is 27.2. The molecule has 144 heavy (non-hydrogen) atoms. The molecule has 0 saturated heterocycles. The van der Waals surface area contributed by atoms with Crippen LogP contribution < -0.4 is 0 Å². The van der Waals surface area contributed by atoms with E-state index >= 15 is 0 Å². The average Bonchev–Trinajstić information content (AvgIpc) is 1.43. The molecule has 0 atom stereocenters. The molecule has 10 nitrogen and oxygen atoms in total. The van der Waals surface area contributed by atoms with E-state index in [0.29, 0.717) is 5.82 Å². The van der Waals surface area contributed by atoms with Crippen molar-refractivity contribution in [2.45, 2.75) is 0 Å². The summed E-state index contributed by atoms with van der Waals surface area (Å²) in [7, 11) is 0. The summed E-state index contributed by atoms with van der Waals surface area (Å²) in [6, 6.07) is 171. The molecule has 0 fully saturated rings. The highest BCUT2D eigenvalue weighted by atomic mass is 32.1. The van der Waals surface area contributed by atoms with Crippen molar-refractivity contribution in [1.29, 1.82) is 0 Å². The molecule has 10 heterocycles. The Bertz CT molecular complexity index is 9960. The van der Waals surface area contributed by atoms with Crippen LogP contribution in [0.2, 0.25) is 0 Å². The zero-order valence-electron chi connectivity index (χ0n) is 77.3. The summed E-state index contributed by atoms with van der Waals surface area (Å²) in [6.45, 7) is 0. The Hall–Kier alpha value is -18.0. The van der Waals surface area contributed by atoms with E-state index in [1.807, 2.05) is 36.4 Å². The van der Waals surface area contributed by atoms with Crippen LogP contribution in [-0.2, 0) is 0 Å². The summed E-state index contributed by atoms with van der Waals surface area (Å²) in [6.07, 6.45) is 0. The largest absolute Gasteiger partial charge is 0.309 e. The molecular formula is C130H80N10S4. The minimum atomic E-state index is 0.712. The number of hydrogen-bond acceptors (Lipinski definition) is 12. The second-order valence-electron chi connectivity index (χ2n) is 35.9. The lowest BCUT2D eigenvalue weighted by molar-refractivity contribution is 1.18. The number of para-hydroxylation sites is 4. The summed E-state index contributed by atoms with van der Waals surface area (Å²) < 4.78 is 10.6. The fourth-order valence-corrected chi connectivity index (χ4v) is 24.8. The summed E-state index contributed by atoms with van der Waals surface area (Å²) in [4.78, 5) is 44.7. The maximum Gasteiger partial charge on any atom is 0.161 e. The lowest BCUT2D eigenvalue weighted by Gasteiger charge is -2.12. The highest BCUT2D eigenvalue weighted by molar-refractivity contribution is 7.27. The maximum absolute atomic E-state index is 5.33. The number of hydrogen-bond donors (Lipinski definition) is 0. The van der Waals surface area contributed by atoms with E-state index in [2.05, 4.69) is 458 Å². The second kappa shape index (κ2) is 36.3. The van der Waals surface area contributed by atoms with Crippen LogP contribution in [0.25, 0.3) is 271 Å². The Morgan fingerprint density at radius 1 is 0.153 bits per heavy atom. The molecule has 14 heteroatoms. The molecule has 0 spiro atoms. The van der Waals surface area contributed by atoms with Crippen LogP contribution in [0.5, 0.6) is 0 Å². The van der Waals surface area contributed by atoms with Gasteiger partial charge < -0.3 is 9.13 Å². The van der Waals surface area contributed by atoms with Crippen LogP contribution in [0.15, 0.2) is 485 Å². The van der Waals surface area contributed by atoms with E-state index in [1.54, 1.807) is 45.3 Å². The molecule has 29 aromatic rings. The van der Waals surface area contributed by atoms with Crippen LogP contribution in [0.4, 0.5) is 0 Å². The lowest BCUT2D eigenvalue weighted by Crippen LogP contribution is -1.97. The molecule has 0 aliphatic carbocycles. The van der Waals surface area contributed by atoms with Crippen molar-refractivity contribution < 1.29 is 0 Å². The molecule has 0 aliphatic heterocycles. The normalized spacial score (nSPS) is 11.6. The predicted octanol–water partition coefficient (Wildman–Crippen LogP) is 35.9. The van der Waals surface area contributed by atoms with Gasteiger partial charge in [0.15, 0.2) is 23.3 Å². The summed E-state index contributed by atoms with van der Waals surface area (Å²) in [5.74, 6) is 2.90. The Morgan fingerprint density at radius 3 is 0.854 bits per heavy atom. The van der Waals surface area contributed by atoms with Crippen LogP contribution in [0, 0.1) is 0 Å². The van der Waals surface area contributed by atoms with Crippen LogP contribution in [0.3, 0.4) is 0 Å². The molecule has 0 bridgehead atoms. The van der Waals surface area contributed by atoms with E-state index < -0.39 is 0 Å². The van der Waals surface area contributed by atoms with Crippen molar-refractivity contribution in [1.82, 2.24) is 49.0 Å². The van der Waals surface area contributed by atoms with Crippen molar-refractivity contribution in [2.24, 2.45) is 0 Å². The highest BCUT2D eigenvalue weighted by Gasteiger charge is 2.26. The van der Waals surface area contributed by atoms with Gasteiger partial charge in [-0.2, -0.15) is 0 Å². The SMILES string of the molecule is c1ccc(-c2ccc(-c3nc(-c4cccc(-c5ccc6c(c5)c5ccccc5n6-c5ccccc5)c4)c4c(n3)sc3ccccc34)cc2)cc1.c1ccc(-c2ccc(-c3nc(-c4cccc(-c5nc(-c6ccccc6)nc6c5sc5ccccc56)c4)c4c(n3)sc3ccccc34)cc2)cc1.c1ccc(-c2ccc(-c3nc(-c4cccc(-n5c6ccccc6c6ccccc65)c4)c4c(n3)sc3ccccc34)cc2)cc1. The Balaban J connectivity index is 0.000000108. The monoisotopic (exact) mass is 1910 g/mol. The van der Waals surface area contributed by atoms with Gasteiger partial charge in [-0.3, -0.25) is 0 Å². The van der Waals surface area contributed by atoms with Gasteiger partial charge in [0.25, 0.3) is 0 Å². The first-order valence-electron chi connectivity index (χ1n) is 48.1. The number of nitrogens with zero attached hydrogens (tertiary/aromatic N) is 10. The average molecular weight is 1910 g/mol. The molecule has 674 valence electrons. The zero-order valence-corrected chi connectivity index (χ0v) is 80.6. The highest BCUT2D eigenvalue weighted by Crippen LogP contribution is 2.48. The third-order valence-corrected chi connectivity index (χ3v) is 31.6. The summed E-state index contributed by atoms with van der Waals surface area (Å²) in [5.41, 5.74) is 29.4. The first-order chi connectivity index (χ1) is 71.4. The Morgan fingerprint density at radius 2 is 0.417 bits per heavy atom. The Kier molecular flexibility index (Phi) is 21.5. The van der Waals surface area contributed by atoms with Crippen molar-refractivity contribution in [3.63, 3.8) is 0 Å². The molecule has 10 aromatic heterocycles. The van der Waals surface area contributed by atoms with Gasteiger partial charge in [-0.25, -0.2) is 39.9 Å². The topological polar surface area (TPSA) is 113 Å². The van der Waals surface area contributed by atoms with Crippen LogP contribution >= 0.6 is 45.3 Å². The smallest absolute Gasteiger partial charge is 0.161 e. The molecule has 29 rings (SSSR count). The molecule has 0 radical (unpaired) electrons. The first-order valence-corrected chi connectivity index (χ1v) is 51.3. The van der Waals surface area contributed by atoms with Gasteiger partial charge in [0, 0.05) is 134 Å². The second-order valence-corrected chi connectivity index (χ2v) is 40.0.